The molecule has 1 N–H and O–H groups in total. The zero-order valence-electron chi connectivity index (χ0n) is 16.2. The Kier molecular flexibility index (Phi) is 16.4. The molecule has 3 nitrogen and oxygen atoms in total. The fourth-order valence-electron chi connectivity index (χ4n) is 3.07. The molecule has 24 heavy (non-hydrogen) atoms. The van der Waals surface area contributed by atoms with Crippen molar-refractivity contribution in [3.8, 4) is 0 Å². The Labute approximate surface area is 149 Å². The van der Waals surface area contributed by atoms with Gasteiger partial charge in [0, 0.05) is 6.42 Å². The molecule has 142 valence electrons. The fraction of sp³-hybridized carbons (Fsp3) is 0.905. The summed E-state index contributed by atoms with van der Waals surface area (Å²) >= 11 is 0. The van der Waals surface area contributed by atoms with E-state index in [4.69, 9.17) is 5.11 Å². The first kappa shape index (κ1) is 23.1. The van der Waals surface area contributed by atoms with Gasteiger partial charge in [-0.05, 0) is 19.8 Å². The highest BCUT2D eigenvalue weighted by molar-refractivity contribution is 5.75. The molecular weight excluding hydrogens is 300 g/mol. The Morgan fingerprint density at radius 3 is 1.33 bits per heavy atom. The molecule has 0 saturated carbocycles. The summed E-state index contributed by atoms with van der Waals surface area (Å²) < 4.78 is 0. The van der Waals surface area contributed by atoms with E-state index in [9.17, 15) is 9.59 Å². The predicted molar refractivity (Wildman–Crippen MR) is 101 cm³/mol. The number of aliphatic carboxylic acids is 1. The van der Waals surface area contributed by atoms with Crippen LogP contribution in [-0.4, -0.2) is 16.9 Å². The zero-order chi connectivity index (χ0) is 18.0. The van der Waals surface area contributed by atoms with E-state index in [0.29, 0.717) is 5.78 Å². The van der Waals surface area contributed by atoms with Crippen LogP contribution in [0.25, 0.3) is 0 Å². The number of carboxylic acid groups (broad SMARTS) is 1. The second-order valence-corrected chi connectivity index (χ2v) is 7.43. The van der Waals surface area contributed by atoms with Crippen molar-refractivity contribution in [3.63, 3.8) is 0 Å². The smallest absolute Gasteiger partial charge is 0.306 e. The Morgan fingerprint density at radius 1 is 0.667 bits per heavy atom. The van der Waals surface area contributed by atoms with Crippen molar-refractivity contribution < 1.29 is 14.7 Å². The van der Waals surface area contributed by atoms with Crippen molar-refractivity contribution in [2.45, 2.75) is 117 Å². The van der Waals surface area contributed by atoms with Crippen LogP contribution in [-0.2, 0) is 9.59 Å². The van der Waals surface area contributed by atoms with Gasteiger partial charge in [-0.3, -0.25) is 4.79 Å². The lowest BCUT2D eigenvalue weighted by Gasteiger charge is -2.05. The molecule has 0 aromatic carbocycles. The number of carboxylic acids is 1. The van der Waals surface area contributed by atoms with Crippen molar-refractivity contribution in [2.75, 3.05) is 0 Å². The van der Waals surface area contributed by atoms with E-state index >= 15 is 0 Å². The summed E-state index contributed by atoms with van der Waals surface area (Å²) in [6.45, 7) is 3.48. The van der Waals surface area contributed by atoms with Crippen LogP contribution in [0, 0.1) is 5.92 Å². The third kappa shape index (κ3) is 17.5. The quantitative estimate of drug-likeness (QED) is 0.288. The van der Waals surface area contributed by atoms with Gasteiger partial charge in [-0.2, -0.15) is 0 Å². The van der Waals surface area contributed by atoms with Gasteiger partial charge >= 0.3 is 5.97 Å². The highest BCUT2D eigenvalue weighted by Crippen LogP contribution is 2.15. The molecule has 0 unspecified atom stereocenters. The predicted octanol–water partition coefficient (Wildman–Crippen LogP) is 6.54. The fourth-order valence-corrected chi connectivity index (χ4v) is 3.07. The number of Topliss-reactive ketones (excluding diaryl/α,β-unsaturated/α-hetero) is 1. The van der Waals surface area contributed by atoms with Crippen molar-refractivity contribution in [1.82, 2.24) is 0 Å². The summed E-state index contributed by atoms with van der Waals surface area (Å²) in [6.07, 6.45) is 19.4. The van der Waals surface area contributed by atoms with E-state index in [1.54, 1.807) is 13.8 Å². The van der Waals surface area contributed by atoms with Crippen LogP contribution in [0.5, 0.6) is 0 Å². The summed E-state index contributed by atoms with van der Waals surface area (Å²) in [5.41, 5.74) is 0. The minimum atomic E-state index is -0.661. The molecular formula is C21H40O3. The molecule has 0 bridgehead atoms. The van der Waals surface area contributed by atoms with Gasteiger partial charge in [0.05, 0.1) is 5.92 Å². The highest BCUT2D eigenvalue weighted by Gasteiger charge is 2.09. The van der Waals surface area contributed by atoms with Crippen LogP contribution in [0.3, 0.4) is 0 Å². The summed E-state index contributed by atoms with van der Waals surface area (Å²) in [6, 6.07) is 0. The first-order valence-corrected chi connectivity index (χ1v) is 10.3. The second kappa shape index (κ2) is 17.0. The molecule has 0 radical (unpaired) electrons. The average Bonchev–Trinajstić information content (AvgIpc) is 2.53. The van der Waals surface area contributed by atoms with Gasteiger partial charge < -0.3 is 9.90 Å². The molecule has 0 saturated heterocycles. The molecule has 0 rings (SSSR count). The van der Waals surface area contributed by atoms with Crippen LogP contribution in [0.1, 0.15) is 117 Å². The van der Waals surface area contributed by atoms with Gasteiger partial charge in [0.15, 0.2) is 0 Å². The van der Waals surface area contributed by atoms with Crippen LogP contribution >= 0.6 is 0 Å². The lowest BCUT2D eigenvalue weighted by atomic mass is 10.0. The minimum Gasteiger partial charge on any atom is -0.481 e. The largest absolute Gasteiger partial charge is 0.481 e. The molecule has 0 aliphatic rings. The number of ketones is 1. The SMILES string of the molecule is CC(=O)CCCCCCCCCCCCCCCC[C@@H](C)C(=O)O. The van der Waals surface area contributed by atoms with E-state index < -0.39 is 5.97 Å². The van der Waals surface area contributed by atoms with Crippen LogP contribution in [0.4, 0.5) is 0 Å². The summed E-state index contributed by atoms with van der Waals surface area (Å²) in [7, 11) is 0. The van der Waals surface area contributed by atoms with Gasteiger partial charge in [0.1, 0.15) is 5.78 Å². The number of hydrogen-bond donors (Lipinski definition) is 1. The monoisotopic (exact) mass is 340 g/mol. The highest BCUT2D eigenvalue weighted by atomic mass is 16.4. The average molecular weight is 341 g/mol. The second-order valence-electron chi connectivity index (χ2n) is 7.43. The van der Waals surface area contributed by atoms with Gasteiger partial charge in [0.2, 0.25) is 0 Å². The summed E-state index contributed by atoms with van der Waals surface area (Å²) in [5, 5.41) is 8.80. The molecule has 0 aliphatic heterocycles. The van der Waals surface area contributed by atoms with Crippen LogP contribution in [0.2, 0.25) is 0 Å². The first-order valence-electron chi connectivity index (χ1n) is 10.3. The zero-order valence-corrected chi connectivity index (χ0v) is 16.2. The molecule has 0 spiro atoms. The molecule has 0 amide bonds. The third-order valence-corrected chi connectivity index (χ3v) is 4.84. The topological polar surface area (TPSA) is 54.4 Å². The molecule has 0 aromatic heterocycles. The van der Waals surface area contributed by atoms with Crippen molar-refractivity contribution in [1.29, 1.82) is 0 Å². The number of carbonyl (C=O) groups is 2. The lowest BCUT2D eigenvalue weighted by Crippen LogP contribution is -2.08. The standard InChI is InChI=1S/C21H40O3/c1-19(21(23)24)17-15-13-11-9-7-5-3-4-6-8-10-12-14-16-18-20(2)22/h19H,3-18H2,1-2H3,(H,23,24)/t19-/m1/s1. The van der Waals surface area contributed by atoms with E-state index in [1.807, 2.05) is 0 Å². The maximum atomic E-state index is 10.8. The molecule has 1 atom stereocenters. The normalized spacial score (nSPS) is 12.2. The van der Waals surface area contributed by atoms with E-state index in [0.717, 1.165) is 25.7 Å². The summed E-state index contributed by atoms with van der Waals surface area (Å²) in [4.78, 5) is 21.5. The first-order chi connectivity index (χ1) is 11.5. The number of hydrogen-bond acceptors (Lipinski definition) is 2. The van der Waals surface area contributed by atoms with E-state index in [2.05, 4.69) is 0 Å². The number of rotatable bonds is 18. The van der Waals surface area contributed by atoms with Crippen molar-refractivity contribution >= 4 is 11.8 Å². The van der Waals surface area contributed by atoms with Gasteiger partial charge in [-0.25, -0.2) is 0 Å². The third-order valence-electron chi connectivity index (χ3n) is 4.84. The lowest BCUT2D eigenvalue weighted by molar-refractivity contribution is -0.141. The Morgan fingerprint density at radius 2 is 1.00 bits per heavy atom. The molecule has 0 aromatic rings. The molecule has 0 fully saturated rings. The maximum absolute atomic E-state index is 10.8. The van der Waals surface area contributed by atoms with E-state index in [-0.39, 0.29) is 5.92 Å². The minimum absolute atomic E-state index is 0.181. The van der Waals surface area contributed by atoms with Crippen molar-refractivity contribution in [3.05, 3.63) is 0 Å². The van der Waals surface area contributed by atoms with Gasteiger partial charge in [-0.15, -0.1) is 0 Å². The van der Waals surface area contributed by atoms with Gasteiger partial charge in [0.25, 0.3) is 0 Å². The Hall–Kier alpha value is -0.860. The molecule has 3 heteroatoms. The maximum Gasteiger partial charge on any atom is 0.306 e. The van der Waals surface area contributed by atoms with E-state index in [1.165, 1.54) is 77.0 Å². The van der Waals surface area contributed by atoms with Crippen molar-refractivity contribution in [2.24, 2.45) is 5.92 Å². The number of carbonyl (C=O) groups excluding carboxylic acids is 1. The van der Waals surface area contributed by atoms with Gasteiger partial charge in [-0.1, -0.05) is 90.4 Å². The van der Waals surface area contributed by atoms with Crippen LogP contribution in [0.15, 0.2) is 0 Å². The number of unbranched alkanes of at least 4 members (excludes halogenated alkanes) is 13. The molecule has 0 heterocycles. The Bertz CT molecular complexity index is 312. The van der Waals surface area contributed by atoms with Crippen LogP contribution < -0.4 is 0 Å². The Balaban J connectivity index is 3.08. The summed E-state index contributed by atoms with van der Waals surface area (Å²) in [5.74, 6) is -0.519. The molecule has 0 aliphatic carbocycles.